The van der Waals surface area contributed by atoms with Gasteiger partial charge in [-0.3, -0.25) is 4.98 Å². The summed E-state index contributed by atoms with van der Waals surface area (Å²) in [5.41, 5.74) is 2.40. The molecule has 1 atom stereocenters. The third-order valence-corrected chi connectivity index (χ3v) is 4.04. The van der Waals surface area contributed by atoms with Crippen LogP contribution >= 0.6 is 11.8 Å². The summed E-state index contributed by atoms with van der Waals surface area (Å²) in [6, 6.07) is 12.8. The van der Waals surface area contributed by atoms with Crippen LogP contribution in [0.1, 0.15) is 20.3 Å². The Labute approximate surface area is 107 Å². The van der Waals surface area contributed by atoms with Gasteiger partial charge < -0.3 is 0 Å². The summed E-state index contributed by atoms with van der Waals surface area (Å²) in [6.45, 7) is 4.49. The van der Waals surface area contributed by atoms with Gasteiger partial charge in [0.2, 0.25) is 0 Å². The average molecular weight is 243 g/mol. The van der Waals surface area contributed by atoms with E-state index >= 15 is 0 Å². The van der Waals surface area contributed by atoms with E-state index in [4.69, 9.17) is 0 Å². The molecule has 0 fully saturated rings. The minimum absolute atomic E-state index is 0.680. The van der Waals surface area contributed by atoms with Crippen molar-refractivity contribution < 1.29 is 0 Å². The number of benzene rings is 1. The van der Waals surface area contributed by atoms with Crippen LogP contribution in [0.5, 0.6) is 0 Å². The maximum Gasteiger partial charge on any atom is 0.0346 e. The average Bonchev–Trinajstić information content (AvgIpc) is 2.40. The predicted molar refractivity (Wildman–Crippen MR) is 75.3 cm³/mol. The predicted octanol–water partition coefficient (Wildman–Crippen LogP) is 4.64. The van der Waals surface area contributed by atoms with Crippen molar-refractivity contribution in [3.8, 4) is 11.1 Å². The van der Waals surface area contributed by atoms with Crippen molar-refractivity contribution in [2.75, 3.05) is 0 Å². The van der Waals surface area contributed by atoms with Crippen molar-refractivity contribution in [3.05, 3.63) is 48.8 Å². The zero-order chi connectivity index (χ0) is 12.1. The van der Waals surface area contributed by atoms with E-state index in [1.54, 1.807) is 6.20 Å². The molecule has 1 aromatic heterocycles. The van der Waals surface area contributed by atoms with Gasteiger partial charge in [0, 0.05) is 22.5 Å². The Balaban J connectivity index is 2.13. The summed E-state index contributed by atoms with van der Waals surface area (Å²) in [5.74, 6) is 0. The second-order valence-electron chi connectivity index (χ2n) is 4.10. The van der Waals surface area contributed by atoms with Crippen molar-refractivity contribution >= 4 is 11.8 Å². The summed E-state index contributed by atoms with van der Waals surface area (Å²) < 4.78 is 0. The fourth-order valence-corrected chi connectivity index (χ4v) is 2.50. The van der Waals surface area contributed by atoms with E-state index < -0.39 is 0 Å². The Hall–Kier alpha value is -1.28. The fraction of sp³-hybridized carbons (Fsp3) is 0.267. The standard InChI is InChI=1S/C15H17NS/c1-3-12(2)17-15-8-6-13(7-9-15)14-5-4-10-16-11-14/h4-12H,3H2,1-2H3. The molecule has 1 unspecified atom stereocenters. The smallest absolute Gasteiger partial charge is 0.0346 e. The molecule has 0 aliphatic rings. The SMILES string of the molecule is CCC(C)Sc1ccc(-c2cccnc2)cc1. The van der Waals surface area contributed by atoms with E-state index in [2.05, 4.69) is 49.2 Å². The van der Waals surface area contributed by atoms with Gasteiger partial charge in [0.15, 0.2) is 0 Å². The monoisotopic (exact) mass is 243 g/mol. The lowest BCUT2D eigenvalue weighted by atomic mass is 10.1. The minimum Gasteiger partial charge on any atom is -0.264 e. The van der Waals surface area contributed by atoms with Crippen LogP contribution in [0.25, 0.3) is 11.1 Å². The van der Waals surface area contributed by atoms with Gasteiger partial charge >= 0.3 is 0 Å². The molecule has 1 aromatic carbocycles. The number of nitrogens with zero attached hydrogens (tertiary/aromatic N) is 1. The van der Waals surface area contributed by atoms with E-state index in [0.717, 1.165) is 0 Å². The van der Waals surface area contributed by atoms with Gasteiger partial charge in [0.05, 0.1) is 0 Å². The van der Waals surface area contributed by atoms with E-state index in [0.29, 0.717) is 5.25 Å². The Morgan fingerprint density at radius 3 is 2.47 bits per heavy atom. The topological polar surface area (TPSA) is 12.9 Å². The molecule has 0 radical (unpaired) electrons. The number of pyridine rings is 1. The molecule has 17 heavy (non-hydrogen) atoms. The fourth-order valence-electron chi connectivity index (χ4n) is 1.58. The number of thioether (sulfide) groups is 1. The van der Waals surface area contributed by atoms with Gasteiger partial charge in [-0.1, -0.05) is 32.0 Å². The Morgan fingerprint density at radius 2 is 1.88 bits per heavy atom. The molecule has 1 heterocycles. The van der Waals surface area contributed by atoms with Crippen molar-refractivity contribution in [1.29, 1.82) is 0 Å². The van der Waals surface area contributed by atoms with Crippen LogP contribution in [0.3, 0.4) is 0 Å². The molecule has 0 N–H and O–H groups in total. The van der Waals surface area contributed by atoms with E-state index in [1.807, 2.05) is 24.0 Å². The second-order valence-corrected chi connectivity index (χ2v) is 5.61. The van der Waals surface area contributed by atoms with E-state index in [1.165, 1.54) is 22.4 Å². The molecule has 0 saturated carbocycles. The highest BCUT2D eigenvalue weighted by Crippen LogP contribution is 2.27. The Kier molecular flexibility index (Phi) is 4.21. The van der Waals surface area contributed by atoms with Crippen LogP contribution < -0.4 is 0 Å². The first-order chi connectivity index (χ1) is 8.29. The molecule has 0 spiro atoms. The first-order valence-corrected chi connectivity index (χ1v) is 6.84. The van der Waals surface area contributed by atoms with Gasteiger partial charge in [-0.05, 0) is 35.7 Å². The highest BCUT2D eigenvalue weighted by atomic mass is 32.2. The number of rotatable bonds is 4. The van der Waals surface area contributed by atoms with Gasteiger partial charge in [0.25, 0.3) is 0 Å². The molecule has 0 aliphatic heterocycles. The Morgan fingerprint density at radius 1 is 1.12 bits per heavy atom. The first-order valence-electron chi connectivity index (χ1n) is 5.96. The Bertz CT molecular complexity index is 450. The first kappa shape index (κ1) is 12.2. The summed E-state index contributed by atoms with van der Waals surface area (Å²) in [6.07, 6.45) is 4.91. The molecule has 2 aromatic rings. The maximum atomic E-state index is 4.14. The van der Waals surface area contributed by atoms with Gasteiger partial charge in [-0.25, -0.2) is 0 Å². The third-order valence-electron chi connectivity index (χ3n) is 2.76. The molecule has 2 rings (SSSR count). The summed E-state index contributed by atoms with van der Waals surface area (Å²) in [5, 5.41) is 0.680. The lowest BCUT2D eigenvalue weighted by Gasteiger charge is -2.08. The van der Waals surface area contributed by atoms with Crippen LogP contribution in [0.4, 0.5) is 0 Å². The minimum atomic E-state index is 0.680. The summed E-state index contributed by atoms with van der Waals surface area (Å²) >= 11 is 1.93. The lowest BCUT2D eigenvalue weighted by Crippen LogP contribution is -1.91. The summed E-state index contributed by atoms with van der Waals surface area (Å²) in [7, 11) is 0. The molecule has 88 valence electrons. The zero-order valence-corrected chi connectivity index (χ0v) is 11.1. The maximum absolute atomic E-state index is 4.14. The highest BCUT2D eigenvalue weighted by Gasteiger charge is 2.02. The largest absolute Gasteiger partial charge is 0.264 e. The number of hydrogen-bond donors (Lipinski definition) is 0. The zero-order valence-electron chi connectivity index (χ0n) is 10.3. The number of aromatic nitrogens is 1. The second kappa shape index (κ2) is 5.87. The normalized spacial score (nSPS) is 12.4. The van der Waals surface area contributed by atoms with Crippen molar-refractivity contribution in [1.82, 2.24) is 4.98 Å². The highest BCUT2D eigenvalue weighted by molar-refractivity contribution is 7.99. The van der Waals surface area contributed by atoms with Gasteiger partial charge in [-0.15, -0.1) is 11.8 Å². The van der Waals surface area contributed by atoms with Crippen molar-refractivity contribution in [2.45, 2.75) is 30.4 Å². The quantitative estimate of drug-likeness (QED) is 0.726. The molecule has 0 amide bonds. The number of hydrogen-bond acceptors (Lipinski definition) is 2. The van der Waals surface area contributed by atoms with Crippen molar-refractivity contribution in [2.24, 2.45) is 0 Å². The molecule has 1 nitrogen and oxygen atoms in total. The summed E-state index contributed by atoms with van der Waals surface area (Å²) in [4.78, 5) is 5.48. The van der Waals surface area contributed by atoms with Crippen LogP contribution in [0.2, 0.25) is 0 Å². The third kappa shape index (κ3) is 3.34. The van der Waals surface area contributed by atoms with Gasteiger partial charge in [0.1, 0.15) is 0 Å². The van der Waals surface area contributed by atoms with Crippen LogP contribution in [0, 0.1) is 0 Å². The van der Waals surface area contributed by atoms with Crippen LogP contribution in [-0.2, 0) is 0 Å². The molecular weight excluding hydrogens is 226 g/mol. The lowest BCUT2D eigenvalue weighted by molar-refractivity contribution is 0.906. The van der Waals surface area contributed by atoms with E-state index in [-0.39, 0.29) is 0 Å². The van der Waals surface area contributed by atoms with Crippen LogP contribution in [0.15, 0.2) is 53.7 Å². The van der Waals surface area contributed by atoms with Crippen LogP contribution in [-0.4, -0.2) is 10.2 Å². The van der Waals surface area contributed by atoms with Gasteiger partial charge in [-0.2, -0.15) is 0 Å². The molecule has 2 heteroatoms. The molecule has 0 bridgehead atoms. The van der Waals surface area contributed by atoms with Crippen molar-refractivity contribution in [3.63, 3.8) is 0 Å². The van der Waals surface area contributed by atoms with E-state index in [9.17, 15) is 0 Å². The molecule has 0 aliphatic carbocycles. The molecular formula is C15H17NS. The molecule has 0 saturated heterocycles.